The van der Waals surface area contributed by atoms with E-state index in [1.807, 2.05) is 0 Å². The number of nitrogen functional groups attached to an aromatic ring is 1. The van der Waals surface area contributed by atoms with Crippen LogP contribution in [0.15, 0.2) is 11.1 Å². The summed E-state index contributed by atoms with van der Waals surface area (Å²) in [6, 6.07) is 0. The van der Waals surface area contributed by atoms with Gasteiger partial charge in [-0.3, -0.25) is 4.68 Å². The molecule has 2 N–H and O–H groups in total. The number of hydrogen-bond acceptors (Lipinski definition) is 5. The van der Waals surface area contributed by atoms with Gasteiger partial charge in [-0.25, -0.2) is 8.42 Å². The third-order valence-corrected chi connectivity index (χ3v) is 5.33. The van der Waals surface area contributed by atoms with Crippen molar-refractivity contribution in [1.29, 1.82) is 0 Å². The van der Waals surface area contributed by atoms with Gasteiger partial charge >= 0.3 is 0 Å². The average Bonchev–Trinajstić information content (AvgIpc) is 2.70. The van der Waals surface area contributed by atoms with E-state index in [-0.39, 0.29) is 10.7 Å². The van der Waals surface area contributed by atoms with Crippen LogP contribution in [0.25, 0.3) is 0 Å². The van der Waals surface area contributed by atoms with Crippen LogP contribution in [0, 0.1) is 5.92 Å². The lowest BCUT2D eigenvalue weighted by atomic mass is 9.99. The van der Waals surface area contributed by atoms with E-state index >= 15 is 0 Å². The zero-order valence-electron chi connectivity index (χ0n) is 11.2. The molecule has 0 unspecified atom stereocenters. The standard InChI is InChI=1S/C11H20N4O3S/c1-14-7-10(11(12)13-14)19(16,17)15-5-3-9(4-6-15)8-18-2/h7,9H,3-6,8H2,1-2H3,(H2,12,13). The highest BCUT2D eigenvalue weighted by Gasteiger charge is 2.31. The Hall–Kier alpha value is -1.12. The monoisotopic (exact) mass is 288 g/mol. The van der Waals surface area contributed by atoms with Gasteiger partial charge in [0, 0.05) is 40.1 Å². The van der Waals surface area contributed by atoms with E-state index in [0.29, 0.717) is 25.6 Å². The Morgan fingerprint density at radius 3 is 2.58 bits per heavy atom. The number of nitrogens with two attached hydrogens (primary N) is 1. The van der Waals surface area contributed by atoms with Crippen LogP contribution in [0.1, 0.15) is 12.8 Å². The maximum Gasteiger partial charge on any atom is 0.248 e. The minimum Gasteiger partial charge on any atom is -0.384 e. The van der Waals surface area contributed by atoms with E-state index in [4.69, 9.17) is 10.5 Å². The number of sulfonamides is 1. The van der Waals surface area contributed by atoms with Crippen molar-refractivity contribution in [2.24, 2.45) is 13.0 Å². The van der Waals surface area contributed by atoms with Crippen molar-refractivity contribution in [2.45, 2.75) is 17.7 Å². The van der Waals surface area contributed by atoms with E-state index in [0.717, 1.165) is 12.8 Å². The van der Waals surface area contributed by atoms with Gasteiger partial charge in [0.1, 0.15) is 4.90 Å². The Labute approximate surface area is 113 Å². The molecule has 0 radical (unpaired) electrons. The number of aromatic nitrogens is 2. The van der Waals surface area contributed by atoms with Crippen LogP contribution in [0.4, 0.5) is 5.82 Å². The number of anilines is 1. The van der Waals surface area contributed by atoms with E-state index in [1.165, 1.54) is 15.2 Å². The first-order valence-electron chi connectivity index (χ1n) is 6.23. The maximum atomic E-state index is 12.4. The molecule has 0 bridgehead atoms. The maximum absolute atomic E-state index is 12.4. The zero-order valence-corrected chi connectivity index (χ0v) is 12.1. The van der Waals surface area contributed by atoms with Crippen molar-refractivity contribution in [3.05, 3.63) is 6.20 Å². The first-order chi connectivity index (χ1) is 8.95. The normalized spacial score (nSPS) is 18.8. The third kappa shape index (κ3) is 2.90. The number of rotatable bonds is 4. The molecule has 1 aliphatic heterocycles. The summed E-state index contributed by atoms with van der Waals surface area (Å²) >= 11 is 0. The van der Waals surface area contributed by atoms with Crippen LogP contribution in [-0.4, -0.2) is 49.3 Å². The van der Waals surface area contributed by atoms with Crippen LogP contribution in [0.5, 0.6) is 0 Å². The molecule has 1 aromatic heterocycles. The first-order valence-corrected chi connectivity index (χ1v) is 7.67. The Morgan fingerprint density at radius 1 is 1.47 bits per heavy atom. The second-order valence-corrected chi connectivity index (χ2v) is 6.76. The molecule has 19 heavy (non-hydrogen) atoms. The molecule has 2 heterocycles. The van der Waals surface area contributed by atoms with Crippen molar-refractivity contribution in [2.75, 3.05) is 32.5 Å². The number of nitrogens with zero attached hydrogens (tertiary/aromatic N) is 3. The molecule has 1 fully saturated rings. The number of methoxy groups -OCH3 is 1. The fourth-order valence-electron chi connectivity index (χ4n) is 2.37. The quantitative estimate of drug-likeness (QED) is 0.845. The SMILES string of the molecule is COCC1CCN(S(=O)(=O)c2cn(C)nc2N)CC1. The number of ether oxygens (including phenoxy) is 1. The van der Waals surface area contributed by atoms with Crippen molar-refractivity contribution in [1.82, 2.24) is 14.1 Å². The Kier molecular flexibility index (Phi) is 4.12. The van der Waals surface area contributed by atoms with Crippen molar-refractivity contribution in [3.63, 3.8) is 0 Å². The van der Waals surface area contributed by atoms with Crippen molar-refractivity contribution in [3.8, 4) is 0 Å². The van der Waals surface area contributed by atoms with Gasteiger partial charge in [-0.05, 0) is 18.8 Å². The van der Waals surface area contributed by atoms with E-state index < -0.39 is 10.0 Å². The van der Waals surface area contributed by atoms with Crippen LogP contribution in [0.3, 0.4) is 0 Å². The van der Waals surface area contributed by atoms with Crippen molar-refractivity contribution >= 4 is 15.8 Å². The summed E-state index contributed by atoms with van der Waals surface area (Å²) in [5.41, 5.74) is 5.65. The molecule has 7 nitrogen and oxygen atoms in total. The summed E-state index contributed by atoms with van der Waals surface area (Å²) in [6.45, 7) is 1.69. The fourth-order valence-corrected chi connectivity index (χ4v) is 3.93. The largest absolute Gasteiger partial charge is 0.384 e. The highest BCUT2D eigenvalue weighted by molar-refractivity contribution is 7.89. The summed E-state index contributed by atoms with van der Waals surface area (Å²) in [4.78, 5) is 0.0974. The van der Waals surface area contributed by atoms with Gasteiger partial charge in [0.2, 0.25) is 10.0 Å². The van der Waals surface area contributed by atoms with Gasteiger partial charge in [-0.1, -0.05) is 0 Å². The van der Waals surface area contributed by atoms with Gasteiger partial charge in [0.25, 0.3) is 0 Å². The lowest BCUT2D eigenvalue weighted by Crippen LogP contribution is -2.39. The predicted octanol–water partition coefficient (Wildman–Crippen LogP) is 0.0494. The van der Waals surface area contributed by atoms with Crippen LogP contribution in [0.2, 0.25) is 0 Å². The third-order valence-electron chi connectivity index (χ3n) is 3.42. The topological polar surface area (TPSA) is 90.5 Å². The molecule has 0 atom stereocenters. The molecular weight excluding hydrogens is 268 g/mol. The molecule has 108 valence electrons. The average molecular weight is 288 g/mol. The molecule has 0 aliphatic carbocycles. The van der Waals surface area contributed by atoms with Crippen molar-refractivity contribution < 1.29 is 13.2 Å². The summed E-state index contributed by atoms with van der Waals surface area (Å²) in [7, 11) is -0.207. The lowest BCUT2D eigenvalue weighted by molar-refractivity contribution is 0.121. The zero-order chi connectivity index (χ0) is 14.0. The predicted molar refractivity (Wildman–Crippen MR) is 71.0 cm³/mol. The molecule has 1 aliphatic rings. The molecule has 0 amide bonds. The minimum absolute atomic E-state index is 0.0570. The molecule has 8 heteroatoms. The molecule has 0 aromatic carbocycles. The summed E-state index contributed by atoms with van der Waals surface area (Å²) in [5.74, 6) is 0.490. The number of aryl methyl sites for hydroxylation is 1. The van der Waals surface area contributed by atoms with Crippen LogP contribution >= 0.6 is 0 Å². The minimum atomic E-state index is -3.53. The summed E-state index contributed by atoms with van der Waals surface area (Å²) in [6.07, 6.45) is 3.08. The highest BCUT2D eigenvalue weighted by atomic mass is 32.2. The lowest BCUT2D eigenvalue weighted by Gasteiger charge is -2.30. The highest BCUT2D eigenvalue weighted by Crippen LogP contribution is 2.26. The van der Waals surface area contributed by atoms with E-state index in [2.05, 4.69) is 5.10 Å². The molecule has 0 saturated carbocycles. The molecule has 1 aromatic rings. The van der Waals surface area contributed by atoms with Gasteiger partial charge in [0.05, 0.1) is 0 Å². The van der Waals surface area contributed by atoms with E-state index in [9.17, 15) is 8.42 Å². The van der Waals surface area contributed by atoms with Crippen LogP contribution in [-0.2, 0) is 21.8 Å². The fraction of sp³-hybridized carbons (Fsp3) is 0.727. The smallest absolute Gasteiger partial charge is 0.248 e. The molecular formula is C11H20N4O3S. The number of piperidine rings is 1. The Balaban J connectivity index is 2.12. The summed E-state index contributed by atoms with van der Waals surface area (Å²) < 4.78 is 32.9. The molecule has 2 rings (SSSR count). The summed E-state index contributed by atoms with van der Waals surface area (Å²) in [5, 5.41) is 3.89. The molecule has 0 spiro atoms. The van der Waals surface area contributed by atoms with E-state index in [1.54, 1.807) is 14.2 Å². The second-order valence-electron chi connectivity index (χ2n) is 4.86. The van der Waals surface area contributed by atoms with Gasteiger partial charge in [-0.2, -0.15) is 9.40 Å². The Morgan fingerprint density at radius 2 is 2.11 bits per heavy atom. The molecule has 1 saturated heterocycles. The van der Waals surface area contributed by atoms with Gasteiger partial charge in [0.15, 0.2) is 5.82 Å². The first kappa shape index (κ1) is 14.3. The Bertz CT molecular complexity index is 532. The van der Waals surface area contributed by atoms with Gasteiger partial charge < -0.3 is 10.5 Å². The van der Waals surface area contributed by atoms with Gasteiger partial charge in [-0.15, -0.1) is 0 Å². The second kappa shape index (κ2) is 5.48. The van der Waals surface area contributed by atoms with Crippen LogP contribution < -0.4 is 5.73 Å². The number of hydrogen-bond donors (Lipinski definition) is 1.